The van der Waals surface area contributed by atoms with E-state index in [9.17, 15) is 7.35 Å². The molecule has 0 amide bonds. The van der Waals surface area contributed by atoms with Gasteiger partial charge in [-0.3, -0.25) is 0 Å². The van der Waals surface area contributed by atoms with Gasteiger partial charge in [0.1, 0.15) is 0 Å². The molecule has 0 atom stereocenters. The van der Waals surface area contributed by atoms with Gasteiger partial charge in [0.2, 0.25) is 0 Å². The molecule has 0 aromatic carbocycles. The molecular formula is C18H37O3V. The number of rotatable bonds is 18. The summed E-state index contributed by atoms with van der Waals surface area (Å²) in [4.78, 5) is 0. The van der Waals surface area contributed by atoms with Gasteiger partial charge in [0.15, 0.2) is 0 Å². The summed E-state index contributed by atoms with van der Waals surface area (Å²) in [6.07, 6.45) is 21.3. The summed E-state index contributed by atoms with van der Waals surface area (Å²) in [5.74, 6) is 0. The van der Waals surface area contributed by atoms with E-state index in [-0.39, 0.29) is 0 Å². The van der Waals surface area contributed by atoms with E-state index >= 15 is 0 Å². The zero-order chi connectivity index (χ0) is 16.3. The van der Waals surface area contributed by atoms with E-state index in [1.54, 1.807) is 0 Å². The van der Waals surface area contributed by atoms with Gasteiger partial charge in [-0.15, -0.1) is 0 Å². The molecule has 0 N–H and O–H groups in total. The predicted molar refractivity (Wildman–Crippen MR) is 86.9 cm³/mol. The van der Waals surface area contributed by atoms with Crippen molar-refractivity contribution in [3.63, 3.8) is 0 Å². The molecule has 22 heavy (non-hydrogen) atoms. The van der Waals surface area contributed by atoms with Crippen molar-refractivity contribution in [2.24, 2.45) is 0 Å². The molecule has 0 aromatic heterocycles. The van der Waals surface area contributed by atoms with Crippen LogP contribution in [0, 0.1) is 0 Å². The van der Waals surface area contributed by atoms with Crippen molar-refractivity contribution in [1.82, 2.24) is 0 Å². The van der Waals surface area contributed by atoms with Crippen molar-refractivity contribution in [3.8, 4) is 0 Å². The van der Waals surface area contributed by atoms with E-state index < -0.39 is 15.4 Å². The van der Waals surface area contributed by atoms with Crippen LogP contribution in [-0.2, 0) is 26.4 Å². The molecule has 132 valence electrons. The Bertz CT molecular complexity index is 270. The van der Waals surface area contributed by atoms with Gasteiger partial charge in [0.25, 0.3) is 0 Å². The fraction of sp³-hybridized carbons (Fsp3) is 1.00. The van der Waals surface area contributed by atoms with E-state index in [1.165, 1.54) is 89.9 Å². The summed E-state index contributed by atoms with van der Waals surface area (Å²) >= 11 is -3.32. The topological polar surface area (TPSA) is 43.4 Å². The van der Waals surface area contributed by atoms with Crippen LogP contribution in [0.3, 0.4) is 0 Å². The number of hydrogen-bond acceptors (Lipinski definition) is 3. The molecule has 0 aliphatic heterocycles. The van der Waals surface area contributed by atoms with Gasteiger partial charge in [-0.1, -0.05) is 45.4 Å². The molecule has 0 aliphatic carbocycles. The Balaban J connectivity index is 2.97. The van der Waals surface area contributed by atoms with E-state index in [0.29, 0.717) is 6.61 Å². The Hall–Kier alpha value is 0.144. The molecule has 4 heteroatoms. The zero-order valence-corrected chi connectivity index (χ0v) is 16.1. The SMILES string of the molecule is CCCCCCCCCCCCCCCCCC[O][V](=[O])=[O]. The van der Waals surface area contributed by atoms with Crippen LogP contribution in [0.4, 0.5) is 0 Å². The Labute approximate surface area is 143 Å². The maximum absolute atomic E-state index is 10.3. The Kier molecular flexibility index (Phi) is 19.3. The van der Waals surface area contributed by atoms with Crippen LogP contribution in [0.25, 0.3) is 0 Å². The molecule has 0 aliphatic rings. The molecule has 0 bridgehead atoms. The van der Waals surface area contributed by atoms with Crippen LogP contribution in [0.2, 0.25) is 0 Å². The minimum atomic E-state index is -3.32. The fourth-order valence-electron chi connectivity index (χ4n) is 2.79. The molecule has 0 spiro atoms. The first-order valence-electron chi connectivity index (χ1n) is 9.54. The van der Waals surface area contributed by atoms with E-state index in [4.69, 9.17) is 0 Å². The molecule has 0 heterocycles. The standard InChI is InChI=1S/C18H37O.2O.V/c1-2-3-4-5-6-7-8-9-10-11-12-13-14-15-16-17-18-19;;;/h2-18H2,1H3;;;/q-1;;;+1. The van der Waals surface area contributed by atoms with E-state index in [0.717, 1.165) is 12.8 Å². The minimum absolute atomic E-state index is 0.394. The average Bonchev–Trinajstić information content (AvgIpc) is 2.50. The summed E-state index contributed by atoms with van der Waals surface area (Å²) in [7, 11) is 0. The average molecular weight is 352 g/mol. The van der Waals surface area contributed by atoms with Crippen molar-refractivity contribution in [1.29, 1.82) is 0 Å². The Morgan fingerprint density at radius 2 is 0.864 bits per heavy atom. The van der Waals surface area contributed by atoms with Crippen LogP contribution in [-0.4, -0.2) is 6.61 Å². The van der Waals surface area contributed by atoms with Gasteiger partial charge < -0.3 is 0 Å². The van der Waals surface area contributed by atoms with Crippen molar-refractivity contribution in [2.45, 2.75) is 110 Å². The fourth-order valence-corrected chi connectivity index (χ4v) is 3.22. The van der Waals surface area contributed by atoms with E-state index in [1.807, 2.05) is 0 Å². The summed E-state index contributed by atoms with van der Waals surface area (Å²) in [6.45, 7) is 2.67. The second-order valence-corrected chi connectivity index (χ2v) is 7.46. The predicted octanol–water partition coefficient (Wildman–Crippen LogP) is 6.49. The van der Waals surface area contributed by atoms with Crippen LogP contribution < -0.4 is 0 Å². The molecule has 3 nitrogen and oxygen atoms in total. The van der Waals surface area contributed by atoms with Gasteiger partial charge in [-0.2, -0.15) is 0 Å². The van der Waals surface area contributed by atoms with Crippen molar-refractivity contribution in [2.75, 3.05) is 6.61 Å². The normalized spacial score (nSPS) is 11.0. The van der Waals surface area contributed by atoms with E-state index in [2.05, 4.69) is 10.6 Å². The first kappa shape index (κ1) is 22.1. The second-order valence-electron chi connectivity index (χ2n) is 6.36. The third kappa shape index (κ3) is 20.1. The van der Waals surface area contributed by atoms with Crippen molar-refractivity contribution < 1.29 is 26.4 Å². The van der Waals surface area contributed by atoms with Crippen LogP contribution in [0.15, 0.2) is 0 Å². The van der Waals surface area contributed by atoms with Crippen molar-refractivity contribution >= 4 is 0 Å². The van der Waals surface area contributed by atoms with Gasteiger partial charge in [-0.25, -0.2) is 0 Å². The van der Waals surface area contributed by atoms with Crippen LogP contribution >= 0.6 is 0 Å². The Morgan fingerprint density at radius 1 is 0.545 bits per heavy atom. The van der Waals surface area contributed by atoms with Crippen molar-refractivity contribution in [3.05, 3.63) is 0 Å². The summed E-state index contributed by atoms with van der Waals surface area (Å²) in [6, 6.07) is 0. The van der Waals surface area contributed by atoms with Gasteiger partial charge in [0.05, 0.1) is 0 Å². The van der Waals surface area contributed by atoms with Gasteiger partial charge in [0, 0.05) is 0 Å². The molecule has 0 aromatic rings. The third-order valence-corrected chi connectivity index (χ3v) is 4.81. The molecule has 0 fully saturated rings. The summed E-state index contributed by atoms with van der Waals surface area (Å²) in [5, 5.41) is 0. The molecule has 0 rings (SSSR count). The third-order valence-electron chi connectivity index (χ3n) is 4.19. The second kappa shape index (κ2) is 19.2. The molecule has 0 unspecified atom stereocenters. The number of unbranched alkanes of at least 4 members (excludes halogenated alkanes) is 15. The molecule has 0 radical (unpaired) electrons. The quantitative estimate of drug-likeness (QED) is 0.265. The summed E-state index contributed by atoms with van der Waals surface area (Å²) < 4.78 is 25.1. The zero-order valence-electron chi connectivity index (χ0n) is 14.7. The summed E-state index contributed by atoms with van der Waals surface area (Å²) in [5.41, 5.74) is 0. The van der Waals surface area contributed by atoms with Gasteiger partial charge >= 0.3 is 97.2 Å². The van der Waals surface area contributed by atoms with Crippen LogP contribution in [0.1, 0.15) is 110 Å². The monoisotopic (exact) mass is 352 g/mol. The number of hydrogen-bond donors (Lipinski definition) is 0. The first-order chi connectivity index (χ1) is 10.8. The molecule has 0 saturated heterocycles. The maximum atomic E-state index is 10.3. The van der Waals surface area contributed by atoms with Crippen LogP contribution in [0.5, 0.6) is 0 Å². The molecule has 0 saturated carbocycles. The molecular weight excluding hydrogens is 315 g/mol. The van der Waals surface area contributed by atoms with Gasteiger partial charge in [-0.05, 0) is 0 Å². The Morgan fingerprint density at radius 3 is 1.18 bits per heavy atom. The first-order valence-corrected chi connectivity index (χ1v) is 11.3.